The van der Waals surface area contributed by atoms with Gasteiger partial charge in [-0.2, -0.15) is 0 Å². The van der Waals surface area contributed by atoms with Gasteiger partial charge in [0.1, 0.15) is 5.75 Å². The van der Waals surface area contributed by atoms with Gasteiger partial charge in [0.05, 0.1) is 13.0 Å². The molecule has 1 aromatic rings. The van der Waals surface area contributed by atoms with Crippen LogP contribution in [0.5, 0.6) is 5.75 Å². The van der Waals surface area contributed by atoms with Crippen molar-refractivity contribution in [3.8, 4) is 5.75 Å². The number of rotatable bonds is 9. The number of benzene rings is 1. The molecule has 2 amide bonds. The summed E-state index contributed by atoms with van der Waals surface area (Å²) in [5, 5.41) is 2.97. The van der Waals surface area contributed by atoms with Crippen molar-refractivity contribution in [2.24, 2.45) is 11.7 Å². The Hall–Kier alpha value is -2.04. The van der Waals surface area contributed by atoms with Gasteiger partial charge in [-0.05, 0) is 49.9 Å². The molecule has 0 aliphatic heterocycles. The quantitative estimate of drug-likeness (QED) is 0.735. The van der Waals surface area contributed by atoms with Crippen LogP contribution in [-0.2, 0) is 4.79 Å². The van der Waals surface area contributed by atoms with Crippen molar-refractivity contribution in [3.05, 3.63) is 29.8 Å². The van der Waals surface area contributed by atoms with Gasteiger partial charge < -0.3 is 15.8 Å². The Bertz CT molecular complexity index is 483. The average molecular weight is 306 g/mol. The number of ether oxygens (including phenoxy) is 1. The summed E-state index contributed by atoms with van der Waals surface area (Å²) in [7, 11) is 0. The molecule has 122 valence electrons. The summed E-state index contributed by atoms with van der Waals surface area (Å²) >= 11 is 0. The van der Waals surface area contributed by atoms with E-state index in [1.54, 1.807) is 24.3 Å². The molecule has 1 atom stereocenters. The van der Waals surface area contributed by atoms with Crippen LogP contribution in [-0.4, -0.2) is 24.5 Å². The highest BCUT2D eigenvalue weighted by atomic mass is 16.5. The van der Waals surface area contributed by atoms with Crippen LogP contribution < -0.4 is 15.8 Å². The van der Waals surface area contributed by atoms with Crippen molar-refractivity contribution in [1.29, 1.82) is 0 Å². The molecule has 3 N–H and O–H groups in total. The van der Waals surface area contributed by atoms with Crippen LogP contribution in [0.3, 0.4) is 0 Å². The topological polar surface area (TPSA) is 81.4 Å². The number of amides is 2. The number of carbonyl (C=O) groups excluding carboxylic acids is 2. The minimum absolute atomic E-state index is 0.00925. The van der Waals surface area contributed by atoms with E-state index < -0.39 is 5.91 Å². The molecule has 0 aliphatic carbocycles. The standard InChI is InChI=1S/C17H26N2O3/c1-12(2)4-5-13(3)19-16(20)10-11-22-15-8-6-14(7-9-15)17(18)21/h6-9,12-13H,4-5,10-11H2,1-3H3,(H2,18,21)(H,19,20)/t13-/m1/s1. The molecule has 0 unspecified atom stereocenters. The number of primary amides is 1. The van der Waals surface area contributed by atoms with Crippen LogP contribution in [0.1, 0.15) is 50.4 Å². The van der Waals surface area contributed by atoms with E-state index in [1.807, 2.05) is 6.92 Å². The molecule has 0 saturated heterocycles. The fourth-order valence-corrected chi connectivity index (χ4v) is 1.98. The second kappa shape index (κ2) is 9.07. The molecule has 0 bridgehead atoms. The van der Waals surface area contributed by atoms with Gasteiger partial charge in [-0.3, -0.25) is 9.59 Å². The lowest BCUT2D eigenvalue weighted by Gasteiger charge is -2.15. The molecule has 0 radical (unpaired) electrons. The third kappa shape index (κ3) is 7.11. The smallest absolute Gasteiger partial charge is 0.248 e. The first-order valence-corrected chi connectivity index (χ1v) is 7.70. The van der Waals surface area contributed by atoms with Crippen LogP contribution in [0.4, 0.5) is 0 Å². The maximum absolute atomic E-state index is 11.8. The van der Waals surface area contributed by atoms with Gasteiger partial charge in [-0.1, -0.05) is 13.8 Å². The van der Waals surface area contributed by atoms with E-state index in [4.69, 9.17) is 10.5 Å². The van der Waals surface area contributed by atoms with Gasteiger partial charge >= 0.3 is 0 Å². The highest BCUT2D eigenvalue weighted by Gasteiger charge is 2.08. The minimum atomic E-state index is -0.471. The van der Waals surface area contributed by atoms with Crippen molar-refractivity contribution in [2.75, 3.05) is 6.61 Å². The van der Waals surface area contributed by atoms with Gasteiger partial charge in [-0.25, -0.2) is 0 Å². The Morgan fingerprint density at radius 2 is 1.77 bits per heavy atom. The summed E-state index contributed by atoms with van der Waals surface area (Å²) in [6.45, 7) is 6.67. The Kier molecular flexibility index (Phi) is 7.43. The summed E-state index contributed by atoms with van der Waals surface area (Å²) in [5.41, 5.74) is 5.59. The van der Waals surface area contributed by atoms with E-state index in [2.05, 4.69) is 19.2 Å². The molecular formula is C17H26N2O3. The Morgan fingerprint density at radius 3 is 2.32 bits per heavy atom. The lowest BCUT2D eigenvalue weighted by molar-refractivity contribution is -0.122. The third-order valence-corrected chi connectivity index (χ3v) is 3.32. The molecule has 5 nitrogen and oxygen atoms in total. The fourth-order valence-electron chi connectivity index (χ4n) is 1.98. The second-order valence-electron chi connectivity index (χ2n) is 5.93. The predicted octanol–water partition coefficient (Wildman–Crippen LogP) is 2.50. The van der Waals surface area contributed by atoms with Crippen LogP contribution in [0.15, 0.2) is 24.3 Å². The van der Waals surface area contributed by atoms with E-state index in [0.717, 1.165) is 12.8 Å². The normalized spacial score (nSPS) is 12.0. The summed E-state index contributed by atoms with van der Waals surface area (Å²) in [6.07, 6.45) is 2.40. The van der Waals surface area contributed by atoms with Crippen LogP contribution in [0, 0.1) is 5.92 Å². The molecule has 0 spiro atoms. The maximum atomic E-state index is 11.8. The van der Waals surface area contributed by atoms with Gasteiger partial charge in [0.25, 0.3) is 0 Å². The van der Waals surface area contributed by atoms with Gasteiger partial charge in [0.15, 0.2) is 0 Å². The van der Waals surface area contributed by atoms with E-state index in [0.29, 0.717) is 30.3 Å². The highest BCUT2D eigenvalue weighted by Crippen LogP contribution is 2.12. The maximum Gasteiger partial charge on any atom is 0.248 e. The zero-order chi connectivity index (χ0) is 16.5. The molecular weight excluding hydrogens is 280 g/mol. The lowest BCUT2D eigenvalue weighted by atomic mass is 10.0. The zero-order valence-corrected chi connectivity index (χ0v) is 13.6. The monoisotopic (exact) mass is 306 g/mol. The van der Waals surface area contributed by atoms with E-state index in [9.17, 15) is 9.59 Å². The van der Waals surface area contributed by atoms with Crippen molar-refractivity contribution >= 4 is 11.8 Å². The van der Waals surface area contributed by atoms with E-state index in [-0.39, 0.29) is 11.9 Å². The minimum Gasteiger partial charge on any atom is -0.493 e. The molecule has 1 aromatic carbocycles. The van der Waals surface area contributed by atoms with Crippen LogP contribution >= 0.6 is 0 Å². The molecule has 0 fully saturated rings. The number of nitrogens with two attached hydrogens (primary N) is 1. The van der Waals surface area contributed by atoms with E-state index >= 15 is 0 Å². The summed E-state index contributed by atoms with van der Waals surface area (Å²) in [5.74, 6) is 0.781. The van der Waals surface area contributed by atoms with Crippen molar-refractivity contribution in [1.82, 2.24) is 5.32 Å². The largest absolute Gasteiger partial charge is 0.493 e. The SMILES string of the molecule is CC(C)CC[C@@H](C)NC(=O)CCOc1ccc(C(N)=O)cc1. The van der Waals surface area contributed by atoms with Crippen LogP contribution in [0.2, 0.25) is 0 Å². The Balaban J connectivity index is 2.25. The summed E-state index contributed by atoms with van der Waals surface area (Å²) < 4.78 is 5.48. The van der Waals surface area contributed by atoms with Crippen molar-refractivity contribution in [3.63, 3.8) is 0 Å². The predicted molar refractivity (Wildman–Crippen MR) is 86.7 cm³/mol. The number of carbonyl (C=O) groups is 2. The Labute approximate surface area is 132 Å². The first kappa shape index (κ1) is 18.0. The summed E-state index contributed by atoms with van der Waals surface area (Å²) in [6, 6.07) is 6.73. The summed E-state index contributed by atoms with van der Waals surface area (Å²) in [4.78, 5) is 22.7. The molecule has 0 saturated carbocycles. The number of nitrogens with one attached hydrogen (secondary N) is 1. The third-order valence-electron chi connectivity index (χ3n) is 3.32. The van der Waals surface area contributed by atoms with Gasteiger partial charge in [-0.15, -0.1) is 0 Å². The fraction of sp³-hybridized carbons (Fsp3) is 0.529. The van der Waals surface area contributed by atoms with Crippen molar-refractivity contribution in [2.45, 2.75) is 46.1 Å². The van der Waals surface area contributed by atoms with Gasteiger partial charge in [0.2, 0.25) is 11.8 Å². The molecule has 0 aromatic heterocycles. The second-order valence-corrected chi connectivity index (χ2v) is 5.93. The molecule has 1 rings (SSSR count). The van der Waals surface area contributed by atoms with Gasteiger partial charge in [0, 0.05) is 11.6 Å². The zero-order valence-electron chi connectivity index (χ0n) is 13.6. The molecule has 0 aliphatic rings. The number of hydrogen-bond donors (Lipinski definition) is 2. The average Bonchev–Trinajstić information content (AvgIpc) is 2.45. The Morgan fingerprint density at radius 1 is 1.14 bits per heavy atom. The first-order valence-electron chi connectivity index (χ1n) is 7.70. The van der Waals surface area contributed by atoms with Crippen molar-refractivity contribution < 1.29 is 14.3 Å². The molecule has 22 heavy (non-hydrogen) atoms. The van der Waals surface area contributed by atoms with Crippen LogP contribution in [0.25, 0.3) is 0 Å². The van der Waals surface area contributed by atoms with E-state index in [1.165, 1.54) is 0 Å². The lowest BCUT2D eigenvalue weighted by Crippen LogP contribution is -2.33. The highest BCUT2D eigenvalue weighted by molar-refractivity contribution is 5.92. The molecule has 0 heterocycles. The first-order chi connectivity index (χ1) is 10.4. The number of hydrogen-bond acceptors (Lipinski definition) is 3. The molecule has 5 heteroatoms.